The maximum Gasteiger partial charge on any atom is 0.117 e. The van der Waals surface area contributed by atoms with E-state index >= 15 is 0 Å². The number of rotatable bonds is 5. The third-order valence-electron chi connectivity index (χ3n) is 3.28. The molecule has 0 saturated heterocycles. The minimum Gasteiger partial charge on any atom is -0.370 e. The van der Waals surface area contributed by atoms with Crippen molar-refractivity contribution >= 4 is 27.4 Å². The van der Waals surface area contributed by atoms with Gasteiger partial charge in [0.25, 0.3) is 0 Å². The smallest absolute Gasteiger partial charge is 0.117 e. The first kappa shape index (κ1) is 12.3. The van der Waals surface area contributed by atoms with Crippen LogP contribution in [-0.2, 0) is 0 Å². The molecular formula is C13H19N3S. The fourth-order valence-electron chi connectivity index (χ4n) is 1.90. The van der Waals surface area contributed by atoms with E-state index in [1.54, 1.807) is 0 Å². The lowest BCUT2D eigenvalue weighted by Gasteiger charge is -2.29. The van der Waals surface area contributed by atoms with Gasteiger partial charge in [0.1, 0.15) is 5.00 Å². The molecule has 0 saturated carbocycles. The Bertz CT molecular complexity index is 494. The van der Waals surface area contributed by atoms with Crippen LogP contribution in [-0.4, -0.2) is 16.5 Å². The van der Waals surface area contributed by atoms with Crippen LogP contribution >= 0.6 is 11.5 Å². The molecule has 2 aromatic rings. The Hall–Kier alpha value is -1.13. The fraction of sp³-hybridized carbons (Fsp3) is 0.462. The topological polar surface area (TPSA) is 50.9 Å². The lowest BCUT2D eigenvalue weighted by Crippen LogP contribution is -2.36. The second-order valence-corrected chi connectivity index (χ2v) is 5.38. The molecule has 3 nitrogen and oxygen atoms in total. The molecule has 17 heavy (non-hydrogen) atoms. The summed E-state index contributed by atoms with van der Waals surface area (Å²) in [5.74, 6) is 0. The second-order valence-electron chi connectivity index (χ2n) is 4.61. The van der Waals surface area contributed by atoms with Crippen LogP contribution in [0.5, 0.6) is 0 Å². The fourth-order valence-corrected chi connectivity index (χ4v) is 2.81. The molecule has 3 N–H and O–H groups in total. The first-order valence-electron chi connectivity index (χ1n) is 6.01. The molecule has 0 radical (unpaired) electrons. The van der Waals surface area contributed by atoms with Crippen LogP contribution in [0.2, 0.25) is 0 Å². The molecule has 2 rings (SSSR count). The highest BCUT2D eigenvalue weighted by Gasteiger charge is 2.22. The average Bonchev–Trinajstić information content (AvgIpc) is 2.73. The van der Waals surface area contributed by atoms with Crippen molar-refractivity contribution in [3.05, 3.63) is 24.3 Å². The Balaban J connectivity index is 2.28. The van der Waals surface area contributed by atoms with Crippen LogP contribution in [0.4, 0.5) is 5.00 Å². The number of hydrogen-bond donors (Lipinski definition) is 2. The summed E-state index contributed by atoms with van der Waals surface area (Å²) in [4.78, 5) is 0. The summed E-state index contributed by atoms with van der Waals surface area (Å²) in [5, 5.41) is 5.96. The molecule has 0 spiro atoms. The molecule has 0 amide bonds. The Labute approximate surface area is 106 Å². The predicted octanol–water partition coefficient (Wildman–Crippen LogP) is 3.23. The molecule has 1 aromatic carbocycles. The van der Waals surface area contributed by atoms with Gasteiger partial charge < -0.3 is 11.1 Å². The van der Waals surface area contributed by atoms with E-state index in [0.717, 1.165) is 23.4 Å². The molecule has 4 heteroatoms. The van der Waals surface area contributed by atoms with Crippen LogP contribution in [0.25, 0.3) is 10.9 Å². The van der Waals surface area contributed by atoms with Gasteiger partial charge in [-0.3, -0.25) is 0 Å². The standard InChI is InChI=1S/C13H19N3S/c1-3-13(2,8-9-14)15-12-10-6-4-5-7-11(10)16-17-12/h4-7,15H,3,8-9,14H2,1-2H3. The van der Waals surface area contributed by atoms with Crippen LogP contribution in [0.15, 0.2) is 24.3 Å². The van der Waals surface area contributed by atoms with Gasteiger partial charge in [-0.2, -0.15) is 4.37 Å². The molecular weight excluding hydrogens is 230 g/mol. The van der Waals surface area contributed by atoms with Gasteiger partial charge in [0.05, 0.1) is 5.52 Å². The third-order valence-corrected chi connectivity index (χ3v) is 4.07. The number of anilines is 1. The van der Waals surface area contributed by atoms with E-state index in [0.29, 0.717) is 6.54 Å². The molecule has 0 aliphatic carbocycles. The molecule has 0 aliphatic rings. The van der Waals surface area contributed by atoms with Crippen molar-refractivity contribution in [3.63, 3.8) is 0 Å². The third kappa shape index (κ3) is 2.58. The largest absolute Gasteiger partial charge is 0.370 e. The van der Waals surface area contributed by atoms with Crippen molar-refractivity contribution in [3.8, 4) is 0 Å². The summed E-state index contributed by atoms with van der Waals surface area (Å²) >= 11 is 1.53. The molecule has 0 bridgehead atoms. The van der Waals surface area contributed by atoms with Gasteiger partial charge in [0.15, 0.2) is 0 Å². The van der Waals surface area contributed by atoms with Crippen molar-refractivity contribution in [1.29, 1.82) is 0 Å². The van der Waals surface area contributed by atoms with Crippen LogP contribution < -0.4 is 11.1 Å². The van der Waals surface area contributed by atoms with E-state index in [9.17, 15) is 0 Å². The number of fused-ring (bicyclic) bond motifs is 1. The first-order valence-corrected chi connectivity index (χ1v) is 6.78. The summed E-state index contributed by atoms with van der Waals surface area (Å²) in [6.07, 6.45) is 2.02. The molecule has 1 atom stereocenters. The van der Waals surface area contributed by atoms with E-state index < -0.39 is 0 Å². The van der Waals surface area contributed by atoms with Crippen LogP contribution in [0.3, 0.4) is 0 Å². The maximum atomic E-state index is 5.68. The van der Waals surface area contributed by atoms with Gasteiger partial charge in [-0.05, 0) is 50.0 Å². The Morgan fingerprint density at radius 1 is 1.41 bits per heavy atom. The maximum absolute atomic E-state index is 5.68. The Kier molecular flexibility index (Phi) is 3.64. The molecule has 1 aromatic heterocycles. The quantitative estimate of drug-likeness (QED) is 0.855. The first-order chi connectivity index (χ1) is 8.18. The zero-order valence-electron chi connectivity index (χ0n) is 10.4. The highest BCUT2D eigenvalue weighted by molar-refractivity contribution is 7.11. The van der Waals surface area contributed by atoms with Gasteiger partial charge in [0.2, 0.25) is 0 Å². The van der Waals surface area contributed by atoms with E-state index in [4.69, 9.17) is 5.73 Å². The summed E-state index contributed by atoms with van der Waals surface area (Å²) in [7, 11) is 0. The normalized spacial score (nSPS) is 14.8. The van der Waals surface area contributed by atoms with Crippen molar-refractivity contribution in [1.82, 2.24) is 4.37 Å². The van der Waals surface area contributed by atoms with Crippen LogP contribution in [0.1, 0.15) is 26.7 Å². The minimum atomic E-state index is 0.0596. The van der Waals surface area contributed by atoms with Crippen molar-refractivity contribution in [2.24, 2.45) is 5.73 Å². The van der Waals surface area contributed by atoms with Crippen LogP contribution in [0, 0.1) is 0 Å². The van der Waals surface area contributed by atoms with Crippen molar-refractivity contribution in [2.45, 2.75) is 32.2 Å². The SMILES string of the molecule is CCC(C)(CCN)Nc1snc2ccccc12. The average molecular weight is 249 g/mol. The lowest BCUT2D eigenvalue weighted by atomic mass is 9.94. The highest BCUT2D eigenvalue weighted by atomic mass is 32.1. The molecule has 92 valence electrons. The lowest BCUT2D eigenvalue weighted by molar-refractivity contribution is 0.465. The molecule has 1 unspecified atom stereocenters. The summed E-state index contributed by atoms with van der Waals surface area (Å²) in [6.45, 7) is 5.11. The number of nitrogens with one attached hydrogen (secondary N) is 1. The number of nitrogens with two attached hydrogens (primary N) is 1. The number of nitrogens with zero attached hydrogens (tertiary/aromatic N) is 1. The number of aromatic nitrogens is 1. The molecule has 0 aliphatic heterocycles. The van der Waals surface area contributed by atoms with Gasteiger partial charge >= 0.3 is 0 Å². The second kappa shape index (κ2) is 5.02. The number of hydrogen-bond acceptors (Lipinski definition) is 4. The Morgan fingerprint density at radius 3 is 2.88 bits per heavy atom. The van der Waals surface area contributed by atoms with E-state index in [1.807, 2.05) is 18.2 Å². The van der Waals surface area contributed by atoms with Gasteiger partial charge in [0, 0.05) is 10.9 Å². The molecule has 1 heterocycles. The Morgan fingerprint density at radius 2 is 2.18 bits per heavy atom. The summed E-state index contributed by atoms with van der Waals surface area (Å²) in [5.41, 5.74) is 6.80. The summed E-state index contributed by atoms with van der Waals surface area (Å²) in [6, 6.07) is 8.22. The minimum absolute atomic E-state index is 0.0596. The monoisotopic (exact) mass is 249 g/mol. The van der Waals surface area contributed by atoms with Gasteiger partial charge in [-0.1, -0.05) is 19.1 Å². The predicted molar refractivity (Wildman–Crippen MR) is 75.6 cm³/mol. The zero-order valence-corrected chi connectivity index (χ0v) is 11.2. The van der Waals surface area contributed by atoms with E-state index in [1.165, 1.54) is 16.9 Å². The summed E-state index contributed by atoms with van der Waals surface area (Å²) < 4.78 is 4.45. The zero-order chi connectivity index (χ0) is 12.3. The number of benzene rings is 1. The van der Waals surface area contributed by atoms with Gasteiger partial charge in [-0.15, -0.1) is 0 Å². The highest BCUT2D eigenvalue weighted by Crippen LogP contribution is 2.31. The van der Waals surface area contributed by atoms with E-state index in [-0.39, 0.29) is 5.54 Å². The van der Waals surface area contributed by atoms with Crippen molar-refractivity contribution in [2.75, 3.05) is 11.9 Å². The van der Waals surface area contributed by atoms with Crippen molar-refractivity contribution < 1.29 is 0 Å². The van der Waals surface area contributed by atoms with E-state index in [2.05, 4.69) is 29.6 Å². The molecule has 0 fully saturated rings. The van der Waals surface area contributed by atoms with Gasteiger partial charge in [-0.25, -0.2) is 0 Å².